The molecule has 1 aromatic rings. The van der Waals surface area contributed by atoms with E-state index in [1.807, 2.05) is 12.3 Å². The standard InChI is InChI=1S/C10H17NO/c1-3-11-7-9(2)6-10-4-5-12-8-10/h4-5,8-9,11H,3,6-7H2,1-2H3. The molecule has 1 N–H and O–H groups in total. The SMILES string of the molecule is CCNCC(C)Cc1ccoc1. The largest absolute Gasteiger partial charge is 0.472 e. The molecule has 2 nitrogen and oxygen atoms in total. The first-order valence-corrected chi connectivity index (χ1v) is 4.54. The van der Waals surface area contributed by atoms with Crippen LogP contribution in [0.2, 0.25) is 0 Å². The van der Waals surface area contributed by atoms with Crippen LogP contribution in [0.15, 0.2) is 23.0 Å². The Hall–Kier alpha value is -0.760. The summed E-state index contributed by atoms with van der Waals surface area (Å²) < 4.78 is 5.00. The summed E-state index contributed by atoms with van der Waals surface area (Å²) >= 11 is 0. The third-order valence-electron chi connectivity index (χ3n) is 1.91. The van der Waals surface area contributed by atoms with Crippen LogP contribution in [0.25, 0.3) is 0 Å². The summed E-state index contributed by atoms with van der Waals surface area (Å²) in [4.78, 5) is 0. The minimum Gasteiger partial charge on any atom is -0.472 e. The van der Waals surface area contributed by atoms with Gasteiger partial charge in [-0.05, 0) is 37.1 Å². The van der Waals surface area contributed by atoms with Gasteiger partial charge in [-0.3, -0.25) is 0 Å². The van der Waals surface area contributed by atoms with Crippen molar-refractivity contribution < 1.29 is 4.42 Å². The Morgan fingerprint density at radius 2 is 2.42 bits per heavy atom. The molecular formula is C10H17NO. The van der Waals surface area contributed by atoms with E-state index in [9.17, 15) is 0 Å². The highest BCUT2D eigenvalue weighted by Gasteiger charge is 2.02. The van der Waals surface area contributed by atoms with Crippen LogP contribution in [0.1, 0.15) is 19.4 Å². The molecule has 1 atom stereocenters. The fourth-order valence-corrected chi connectivity index (χ4v) is 1.27. The van der Waals surface area contributed by atoms with E-state index in [0.717, 1.165) is 19.5 Å². The Labute approximate surface area is 74.0 Å². The van der Waals surface area contributed by atoms with Gasteiger partial charge in [0, 0.05) is 0 Å². The molecule has 1 aromatic heterocycles. The summed E-state index contributed by atoms with van der Waals surface area (Å²) in [6.07, 6.45) is 4.65. The molecule has 1 rings (SSSR count). The fourth-order valence-electron chi connectivity index (χ4n) is 1.27. The molecule has 12 heavy (non-hydrogen) atoms. The zero-order chi connectivity index (χ0) is 8.81. The van der Waals surface area contributed by atoms with Crippen LogP contribution in [-0.4, -0.2) is 13.1 Å². The molecule has 0 saturated carbocycles. The fraction of sp³-hybridized carbons (Fsp3) is 0.600. The molecule has 1 heterocycles. The van der Waals surface area contributed by atoms with E-state index in [1.54, 1.807) is 6.26 Å². The summed E-state index contributed by atoms with van der Waals surface area (Å²) in [5.41, 5.74) is 1.29. The van der Waals surface area contributed by atoms with E-state index in [4.69, 9.17) is 4.42 Å². The van der Waals surface area contributed by atoms with Crippen LogP contribution in [0.5, 0.6) is 0 Å². The zero-order valence-corrected chi connectivity index (χ0v) is 7.84. The monoisotopic (exact) mass is 167 g/mol. The van der Waals surface area contributed by atoms with Gasteiger partial charge in [0.1, 0.15) is 0 Å². The van der Waals surface area contributed by atoms with E-state index in [1.165, 1.54) is 5.56 Å². The van der Waals surface area contributed by atoms with Gasteiger partial charge in [0.25, 0.3) is 0 Å². The minimum absolute atomic E-state index is 0.683. The van der Waals surface area contributed by atoms with Gasteiger partial charge < -0.3 is 9.73 Å². The molecule has 0 fully saturated rings. The third-order valence-corrected chi connectivity index (χ3v) is 1.91. The Morgan fingerprint density at radius 3 is 3.00 bits per heavy atom. The molecule has 2 heteroatoms. The highest BCUT2D eigenvalue weighted by Crippen LogP contribution is 2.07. The molecule has 0 spiro atoms. The second-order valence-electron chi connectivity index (χ2n) is 3.25. The van der Waals surface area contributed by atoms with Gasteiger partial charge in [0.15, 0.2) is 0 Å². The highest BCUT2D eigenvalue weighted by molar-refractivity contribution is 5.05. The summed E-state index contributed by atoms with van der Waals surface area (Å²) in [5.74, 6) is 0.683. The number of hydrogen-bond donors (Lipinski definition) is 1. The molecular weight excluding hydrogens is 150 g/mol. The smallest absolute Gasteiger partial charge is 0.0934 e. The van der Waals surface area contributed by atoms with Crippen LogP contribution >= 0.6 is 0 Å². The average Bonchev–Trinajstić information content (AvgIpc) is 2.53. The maximum atomic E-state index is 5.00. The third kappa shape index (κ3) is 3.09. The zero-order valence-electron chi connectivity index (χ0n) is 7.84. The highest BCUT2D eigenvalue weighted by atomic mass is 16.3. The second-order valence-corrected chi connectivity index (χ2v) is 3.25. The van der Waals surface area contributed by atoms with Crippen LogP contribution in [0.4, 0.5) is 0 Å². The maximum Gasteiger partial charge on any atom is 0.0934 e. The predicted octanol–water partition coefficient (Wildman–Crippen LogP) is 2.07. The maximum absolute atomic E-state index is 5.00. The molecule has 68 valence electrons. The lowest BCUT2D eigenvalue weighted by Gasteiger charge is -2.09. The van der Waals surface area contributed by atoms with Gasteiger partial charge >= 0.3 is 0 Å². The Morgan fingerprint density at radius 1 is 1.58 bits per heavy atom. The summed E-state index contributed by atoms with van der Waals surface area (Å²) in [6, 6.07) is 2.03. The van der Waals surface area contributed by atoms with Crippen LogP contribution in [0.3, 0.4) is 0 Å². The molecule has 0 saturated heterocycles. The predicted molar refractivity (Wildman–Crippen MR) is 50.1 cm³/mol. The van der Waals surface area contributed by atoms with Crippen molar-refractivity contribution in [1.82, 2.24) is 5.32 Å². The normalized spacial score (nSPS) is 13.2. The lowest BCUT2D eigenvalue weighted by Crippen LogP contribution is -2.21. The van der Waals surface area contributed by atoms with Crippen molar-refractivity contribution in [3.63, 3.8) is 0 Å². The van der Waals surface area contributed by atoms with Crippen molar-refractivity contribution in [3.05, 3.63) is 24.2 Å². The first kappa shape index (κ1) is 9.33. The Balaban J connectivity index is 2.22. The van der Waals surface area contributed by atoms with Crippen molar-refractivity contribution in [2.75, 3.05) is 13.1 Å². The minimum atomic E-state index is 0.683. The summed E-state index contributed by atoms with van der Waals surface area (Å²) in [7, 11) is 0. The lowest BCUT2D eigenvalue weighted by molar-refractivity contribution is 0.513. The van der Waals surface area contributed by atoms with Crippen molar-refractivity contribution in [3.8, 4) is 0 Å². The molecule has 1 unspecified atom stereocenters. The van der Waals surface area contributed by atoms with Gasteiger partial charge in [-0.15, -0.1) is 0 Å². The van der Waals surface area contributed by atoms with Crippen molar-refractivity contribution >= 4 is 0 Å². The van der Waals surface area contributed by atoms with E-state index in [0.29, 0.717) is 5.92 Å². The van der Waals surface area contributed by atoms with Crippen molar-refractivity contribution in [2.45, 2.75) is 20.3 Å². The van der Waals surface area contributed by atoms with Gasteiger partial charge in [-0.25, -0.2) is 0 Å². The molecule has 0 aliphatic heterocycles. The summed E-state index contributed by atoms with van der Waals surface area (Å²) in [5, 5.41) is 3.33. The lowest BCUT2D eigenvalue weighted by atomic mass is 10.0. The summed E-state index contributed by atoms with van der Waals surface area (Å²) in [6.45, 7) is 6.51. The molecule has 0 aliphatic rings. The average molecular weight is 167 g/mol. The topological polar surface area (TPSA) is 25.2 Å². The van der Waals surface area contributed by atoms with Gasteiger partial charge in [0.2, 0.25) is 0 Å². The van der Waals surface area contributed by atoms with Gasteiger partial charge in [-0.2, -0.15) is 0 Å². The van der Waals surface area contributed by atoms with Crippen LogP contribution in [-0.2, 0) is 6.42 Å². The second kappa shape index (κ2) is 4.99. The van der Waals surface area contributed by atoms with Crippen LogP contribution in [0, 0.1) is 5.92 Å². The molecule has 0 aromatic carbocycles. The van der Waals surface area contributed by atoms with Crippen molar-refractivity contribution in [2.24, 2.45) is 5.92 Å². The molecule has 0 aliphatic carbocycles. The Kier molecular flexibility index (Phi) is 3.88. The Bertz CT molecular complexity index is 194. The quantitative estimate of drug-likeness (QED) is 0.726. The number of nitrogens with one attached hydrogen (secondary N) is 1. The van der Waals surface area contributed by atoms with Gasteiger partial charge in [-0.1, -0.05) is 13.8 Å². The van der Waals surface area contributed by atoms with Crippen LogP contribution < -0.4 is 5.32 Å². The number of furan rings is 1. The first-order chi connectivity index (χ1) is 5.83. The molecule has 0 radical (unpaired) electrons. The van der Waals surface area contributed by atoms with E-state index in [2.05, 4.69) is 19.2 Å². The van der Waals surface area contributed by atoms with E-state index in [-0.39, 0.29) is 0 Å². The first-order valence-electron chi connectivity index (χ1n) is 4.54. The number of rotatable bonds is 5. The number of hydrogen-bond acceptors (Lipinski definition) is 2. The molecule has 0 bridgehead atoms. The van der Waals surface area contributed by atoms with Gasteiger partial charge in [0.05, 0.1) is 12.5 Å². The van der Waals surface area contributed by atoms with Crippen molar-refractivity contribution in [1.29, 1.82) is 0 Å². The van der Waals surface area contributed by atoms with E-state index >= 15 is 0 Å². The molecule has 0 amide bonds. The van der Waals surface area contributed by atoms with E-state index < -0.39 is 0 Å².